The van der Waals surface area contributed by atoms with Crippen molar-refractivity contribution in [3.63, 3.8) is 0 Å². The summed E-state index contributed by atoms with van der Waals surface area (Å²) in [6.07, 6.45) is 0. The Morgan fingerprint density at radius 1 is 0.763 bits per heavy atom. The molecule has 9 nitrogen and oxygen atoms in total. The number of benzene rings is 3. The minimum atomic E-state index is -0.898. The van der Waals surface area contributed by atoms with E-state index in [0.29, 0.717) is 34.1 Å². The number of aliphatic hydroxyl groups is 1. The topological polar surface area (TPSA) is 104 Å². The van der Waals surface area contributed by atoms with Crippen LogP contribution in [0.5, 0.6) is 28.7 Å². The third-order valence-electron chi connectivity index (χ3n) is 6.41. The van der Waals surface area contributed by atoms with Crippen LogP contribution in [-0.2, 0) is 16.1 Å². The first-order valence-electron chi connectivity index (χ1n) is 11.7. The summed E-state index contributed by atoms with van der Waals surface area (Å²) >= 11 is 0. The molecular formula is C29H29NO8. The lowest BCUT2D eigenvalue weighted by Gasteiger charge is -2.26. The van der Waals surface area contributed by atoms with Crippen molar-refractivity contribution < 1.29 is 38.4 Å². The lowest BCUT2D eigenvalue weighted by molar-refractivity contribution is -0.140. The van der Waals surface area contributed by atoms with Crippen LogP contribution in [0.25, 0.3) is 5.76 Å². The third kappa shape index (κ3) is 4.82. The molecule has 0 aromatic heterocycles. The van der Waals surface area contributed by atoms with Crippen molar-refractivity contribution >= 4 is 17.4 Å². The third-order valence-corrected chi connectivity index (χ3v) is 6.41. The van der Waals surface area contributed by atoms with Gasteiger partial charge < -0.3 is 33.7 Å². The molecule has 1 aliphatic heterocycles. The quantitative estimate of drug-likeness (QED) is 0.253. The number of carbonyl (C=O) groups excluding carboxylic acids is 2. The number of nitrogens with zero attached hydrogens (tertiary/aromatic N) is 1. The Morgan fingerprint density at radius 3 is 2.11 bits per heavy atom. The molecule has 0 bridgehead atoms. The second-order valence-electron chi connectivity index (χ2n) is 8.46. The normalized spacial score (nSPS) is 16.3. The molecule has 0 radical (unpaired) electrons. The van der Waals surface area contributed by atoms with Crippen molar-refractivity contribution in [1.82, 2.24) is 4.90 Å². The summed E-state index contributed by atoms with van der Waals surface area (Å²) in [5, 5.41) is 11.5. The Bertz CT molecular complexity index is 1400. The van der Waals surface area contributed by atoms with Crippen LogP contribution >= 0.6 is 0 Å². The maximum Gasteiger partial charge on any atom is 0.295 e. The fraction of sp³-hybridized carbons (Fsp3) is 0.241. The molecule has 1 atom stereocenters. The molecule has 9 heteroatoms. The van der Waals surface area contributed by atoms with Crippen molar-refractivity contribution in [2.24, 2.45) is 0 Å². The Morgan fingerprint density at radius 2 is 1.45 bits per heavy atom. The standard InChI is InChI=1S/C29H29NO8/c1-34-19-8-6-7-18(14-19)26-25(27(31)21-11-10-20(35-2)15-23(21)37-4)28(32)29(33)30(26)16-17-9-12-22(36-3)24(13-17)38-5/h6-15,26,31H,16H2,1-5H3/b27-25-. The summed E-state index contributed by atoms with van der Waals surface area (Å²) in [6, 6.07) is 16.2. The van der Waals surface area contributed by atoms with Crippen molar-refractivity contribution in [3.05, 3.63) is 82.9 Å². The highest BCUT2D eigenvalue weighted by molar-refractivity contribution is 6.46. The average molecular weight is 520 g/mol. The van der Waals surface area contributed by atoms with E-state index in [1.165, 1.54) is 40.4 Å². The zero-order chi connectivity index (χ0) is 27.4. The van der Waals surface area contributed by atoms with Crippen LogP contribution in [0.15, 0.2) is 66.2 Å². The molecule has 1 N–H and O–H groups in total. The van der Waals surface area contributed by atoms with Gasteiger partial charge in [0.05, 0.1) is 52.7 Å². The van der Waals surface area contributed by atoms with E-state index in [1.807, 2.05) is 0 Å². The molecular weight excluding hydrogens is 490 g/mol. The van der Waals surface area contributed by atoms with Crippen LogP contribution in [0.3, 0.4) is 0 Å². The first-order valence-corrected chi connectivity index (χ1v) is 11.7. The van der Waals surface area contributed by atoms with E-state index >= 15 is 0 Å². The van der Waals surface area contributed by atoms with Gasteiger partial charge in [0.1, 0.15) is 23.0 Å². The average Bonchev–Trinajstić information content (AvgIpc) is 3.21. The summed E-state index contributed by atoms with van der Waals surface area (Å²) < 4.78 is 26.8. The number of amides is 1. The number of hydrogen-bond acceptors (Lipinski definition) is 8. The van der Waals surface area contributed by atoms with Gasteiger partial charge in [0, 0.05) is 12.6 Å². The van der Waals surface area contributed by atoms with Gasteiger partial charge in [-0.25, -0.2) is 0 Å². The first-order chi connectivity index (χ1) is 18.4. The van der Waals surface area contributed by atoms with Crippen molar-refractivity contribution in [2.45, 2.75) is 12.6 Å². The molecule has 0 spiro atoms. The second-order valence-corrected chi connectivity index (χ2v) is 8.46. The minimum Gasteiger partial charge on any atom is -0.507 e. The van der Waals surface area contributed by atoms with Crippen LogP contribution < -0.4 is 23.7 Å². The summed E-state index contributed by atoms with van der Waals surface area (Å²) in [5.74, 6) is 0.452. The van der Waals surface area contributed by atoms with Gasteiger partial charge in [0.25, 0.3) is 11.7 Å². The second kappa shape index (κ2) is 11.2. The highest BCUT2D eigenvalue weighted by atomic mass is 16.5. The number of methoxy groups -OCH3 is 5. The number of rotatable bonds is 9. The molecule has 0 aliphatic carbocycles. The van der Waals surface area contributed by atoms with Gasteiger partial charge in [-0.2, -0.15) is 0 Å². The zero-order valence-electron chi connectivity index (χ0n) is 21.8. The minimum absolute atomic E-state index is 0.0628. The van der Waals surface area contributed by atoms with Gasteiger partial charge >= 0.3 is 0 Å². The number of hydrogen-bond donors (Lipinski definition) is 1. The number of carbonyl (C=O) groups is 2. The molecule has 38 heavy (non-hydrogen) atoms. The highest BCUT2D eigenvalue weighted by Crippen LogP contribution is 2.43. The number of ether oxygens (including phenoxy) is 5. The molecule has 3 aromatic rings. The van der Waals surface area contributed by atoms with E-state index in [0.717, 1.165) is 0 Å². The van der Waals surface area contributed by atoms with Gasteiger partial charge in [0.15, 0.2) is 11.5 Å². The summed E-state index contributed by atoms with van der Waals surface area (Å²) in [5.41, 5.74) is 1.50. The number of aliphatic hydroxyl groups excluding tert-OH is 1. The molecule has 0 saturated carbocycles. The summed E-state index contributed by atoms with van der Waals surface area (Å²) in [7, 11) is 7.54. The van der Waals surface area contributed by atoms with E-state index in [4.69, 9.17) is 23.7 Å². The smallest absolute Gasteiger partial charge is 0.295 e. The maximum absolute atomic E-state index is 13.5. The van der Waals surface area contributed by atoms with Crippen LogP contribution in [-0.4, -0.2) is 57.2 Å². The number of Topliss-reactive ketones (excluding diaryl/α,β-unsaturated/α-hetero) is 1. The predicted octanol–water partition coefficient (Wildman–Crippen LogP) is 4.35. The zero-order valence-corrected chi connectivity index (χ0v) is 21.8. The van der Waals surface area contributed by atoms with Crippen molar-refractivity contribution in [1.29, 1.82) is 0 Å². The predicted molar refractivity (Wildman–Crippen MR) is 140 cm³/mol. The lowest BCUT2D eigenvalue weighted by atomic mass is 9.94. The van der Waals surface area contributed by atoms with E-state index in [2.05, 4.69) is 0 Å². The van der Waals surface area contributed by atoms with E-state index in [9.17, 15) is 14.7 Å². The fourth-order valence-electron chi connectivity index (χ4n) is 4.52. The maximum atomic E-state index is 13.5. The summed E-state index contributed by atoms with van der Waals surface area (Å²) in [6.45, 7) is 0.0727. The van der Waals surface area contributed by atoms with Gasteiger partial charge in [-0.1, -0.05) is 18.2 Å². The Kier molecular flexibility index (Phi) is 7.76. The van der Waals surface area contributed by atoms with Gasteiger partial charge in [0.2, 0.25) is 0 Å². The Balaban J connectivity index is 1.88. The van der Waals surface area contributed by atoms with Crippen LogP contribution in [0.1, 0.15) is 22.7 Å². The fourth-order valence-corrected chi connectivity index (χ4v) is 4.52. The Hall–Kier alpha value is -4.66. The van der Waals surface area contributed by atoms with E-state index < -0.39 is 17.7 Å². The van der Waals surface area contributed by atoms with Crippen LogP contribution in [0, 0.1) is 0 Å². The Labute approximate surface area is 220 Å². The number of ketones is 1. The van der Waals surface area contributed by atoms with Crippen molar-refractivity contribution in [3.8, 4) is 28.7 Å². The van der Waals surface area contributed by atoms with Crippen molar-refractivity contribution in [2.75, 3.05) is 35.5 Å². The lowest BCUT2D eigenvalue weighted by Crippen LogP contribution is -2.29. The molecule has 198 valence electrons. The molecule has 1 fully saturated rings. The molecule has 3 aromatic carbocycles. The molecule has 1 heterocycles. The number of likely N-dealkylation sites (tertiary alicyclic amines) is 1. The molecule has 4 rings (SSSR count). The van der Waals surface area contributed by atoms with E-state index in [1.54, 1.807) is 60.7 Å². The summed E-state index contributed by atoms with van der Waals surface area (Å²) in [4.78, 5) is 28.3. The molecule has 1 unspecified atom stereocenters. The molecule has 1 saturated heterocycles. The first kappa shape index (κ1) is 26.4. The largest absolute Gasteiger partial charge is 0.507 e. The van der Waals surface area contributed by atoms with Gasteiger partial charge in [-0.3, -0.25) is 9.59 Å². The SMILES string of the molecule is COc1cccc(C2/C(=C(/O)c3ccc(OC)cc3OC)C(=O)C(=O)N2Cc2ccc(OC)c(OC)c2)c1. The molecule has 1 amide bonds. The monoisotopic (exact) mass is 519 g/mol. The molecule has 1 aliphatic rings. The van der Waals surface area contributed by atoms with Crippen LogP contribution in [0.4, 0.5) is 0 Å². The highest BCUT2D eigenvalue weighted by Gasteiger charge is 2.46. The van der Waals surface area contributed by atoms with Crippen LogP contribution in [0.2, 0.25) is 0 Å². The van der Waals surface area contributed by atoms with Gasteiger partial charge in [-0.15, -0.1) is 0 Å². The van der Waals surface area contributed by atoms with E-state index in [-0.39, 0.29) is 29.2 Å². The van der Waals surface area contributed by atoms with Gasteiger partial charge in [-0.05, 0) is 47.5 Å².